The SMILES string of the molecule is CCCCCCCCCCCCCC(=O)NN1C(=O)CSC1c1ccc(OC)cc1. The predicted octanol–water partition coefficient (Wildman–Crippen LogP) is 6.00. The van der Waals surface area contributed by atoms with Gasteiger partial charge in [-0.1, -0.05) is 83.3 Å². The average Bonchev–Trinajstić information content (AvgIpc) is 3.12. The monoisotopic (exact) mass is 434 g/mol. The van der Waals surface area contributed by atoms with Crippen molar-refractivity contribution in [1.29, 1.82) is 0 Å². The Labute approximate surface area is 186 Å². The van der Waals surface area contributed by atoms with Gasteiger partial charge in [0.1, 0.15) is 11.1 Å². The van der Waals surface area contributed by atoms with Gasteiger partial charge in [-0.2, -0.15) is 0 Å². The maximum Gasteiger partial charge on any atom is 0.252 e. The van der Waals surface area contributed by atoms with Crippen LogP contribution in [0.3, 0.4) is 0 Å². The summed E-state index contributed by atoms with van der Waals surface area (Å²) in [6.45, 7) is 2.25. The standard InChI is InChI=1S/C24H38N2O3S/c1-3-4-5-6-7-8-9-10-11-12-13-14-22(27)25-26-23(28)19-30-24(26)20-15-17-21(29-2)18-16-20/h15-18,24H,3-14,19H2,1-2H3,(H,25,27). The van der Waals surface area contributed by atoms with Crippen LogP contribution in [0.4, 0.5) is 0 Å². The van der Waals surface area contributed by atoms with Gasteiger partial charge in [0.15, 0.2) is 0 Å². The van der Waals surface area contributed by atoms with E-state index in [1.807, 2.05) is 24.3 Å². The highest BCUT2D eigenvalue weighted by Crippen LogP contribution is 2.37. The summed E-state index contributed by atoms with van der Waals surface area (Å²) < 4.78 is 5.19. The number of hydrogen-bond donors (Lipinski definition) is 1. The second-order valence-electron chi connectivity index (χ2n) is 8.02. The molecule has 1 aliphatic rings. The third kappa shape index (κ3) is 8.58. The fourth-order valence-corrected chi connectivity index (χ4v) is 4.81. The van der Waals surface area contributed by atoms with E-state index in [1.165, 1.54) is 74.6 Å². The molecule has 1 atom stereocenters. The second-order valence-corrected chi connectivity index (χ2v) is 9.09. The van der Waals surface area contributed by atoms with Crippen molar-refractivity contribution in [2.75, 3.05) is 12.9 Å². The molecule has 1 fully saturated rings. The van der Waals surface area contributed by atoms with Crippen LogP contribution in [-0.2, 0) is 9.59 Å². The lowest BCUT2D eigenvalue weighted by Gasteiger charge is -2.24. The minimum Gasteiger partial charge on any atom is -0.497 e. The summed E-state index contributed by atoms with van der Waals surface area (Å²) in [5, 5.41) is 1.32. The molecule has 0 bridgehead atoms. The first-order valence-corrected chi connectivity index (χ1v) is 12.6. The Bertz CT molecular complexity index is 636. The van der Waals surface area contributed by atoms with Crippen LogP contribution in [0.25, 0.3) is 0 Å². The first-order valence-electron chi connectivity index (χ1n) is 11.5. The number of hydrogen-bond acceptors (Lipinski definition) is 4. The van der Waals surface area contributed by atoms with Crippen LogP contribution in [0.15, 0.2) is 24.3 Å². The Morgan fingerprint density at radius 1 is 1.00 bits per heavy atom. The molecule has 1 aromatic rings. The van der Waals surface area contributed by atoms with E-state index in [0.717, 1.165) is 24.2 Å². The fraction of sp³-hybridized carbons (Fsp3) is 0.667. The number of thioether (sulfide) groups is 1. The Morgan fingerprint density at radius 3 is 2.13 bits per heavy atom. The molecule has 1 aromatic carbocycles. The largest absolute Gasteiger partial charge is 0.497 e. The molecule has 168 valence electrons. The summed E-state index contributed by atoms with van der Waals surface area (Å²) in [5.74, 6) is 1.05. The molecule has 0 saturated carbocycles. The topological polar surface area (TPSA) is 58.6 Å². The van der Waals surface area contributed by atoms with Gasteiger partial charge in [-0.25, -0.2) is 5.01 Å². The number of benzene rings is 1. The van der Waals surface area contributed by atoms with Crippen molar-refractivity contribution in [1.82, 2.24) is 10.4 Å². The Kier molecular flexibility index (Phi) is 11.7. The quantitative estimate of drug-likeness (QED) is 0.344. The van der Waals surface area contributed by atoms with E-state index < -0.39 is 0 Å². The summed E-state index contributed by atoms with van der Waals surface area (Å²) >= 11 is 1.53. The number of nitrogens with zero attached hydrogens (tertiary/aromatic N) is 1. The van der Waals surface area contributed by atoms with Crippen LogP contribution in [0.5, 0.6) is 5.75 Å². The van der Waals surface area contributed by atoms with Crippen LogP contribution < -0.4 is 10.2 Å². The van der Waals surface area contributed by atoms with Gasteiger partial charge in [0.2, 0.25) is 5.91 Å². The molecule has 0 aromatic heterocycles. The third-order valence-corrected chi connectivity index (χ3v) is 6.73. The summed E-state index contributed by atoms with van der Waals surface area (Å²) in [7, 11) is 1.63. The molecule has 1 heterocycles. The molecule has 1 unspecified atom stereocenters. The normalized spacial score (nSPS) is 16.1. The predicted molar refractivity (Wildman–Crippen MR) is 124 cm³/mol. The second kappa shape index (κ2) is 14.3. The van der Waals surface area contributed by atoms with Crippen molar-refractivity contribution in [3.05, 3.63) is 29.8 Å². The number of methoxy groups -OCH3 is 1. The highest BCUT2D eigenvalue weighted by molar-refractivity contribution is 8.00. The number of unbranched alkanes of at least 4 members (excludes halogenated alkanes) is 10. The van der Waals surface area contributed by atoms with Crippen LogP contribution in [0, 0.1) is 0 Å². The smallest absolute Gasteiger partial charge is 0.252 e. The number of carbonyl (C=O) groups excluding carboxylic acids is 2. The van der Waals surface area contributed by atoms with Gasteiger partial charge < -0.3 is 4.74 Å². The highest BCUT2D eigenvalue weighted by Gasteiger charge is 2.34. The molecule has 6 heteroatoms. The Morgan fingerprint density at radius 2 is 1.57 bits per heavy atom. The summed E-state index contributed by atoms with van der Waals surface area (Å²) in [6.07, 6.45) is 14.3. The van der Waals surface area contributed by atoms with Crippen LogP contribution >= 0.6 is 11.8 Å². The first-order chi connectivity index (χ1) is 14.7. The van der Waals surface area contributed by atoms with Crippen molar-refractivity contribution >= 4 is 23.6 Å². The first kappa shape index (κ1) is 24.6. The summed E-state index contributed by atoms with van der Waals surface area (Å²) in [6, 6.07) is 7.64. The highest BCUT2D eigenvalue weighted by atomic mass is 32.2. The maximum atomic E-state index is 12.3. The molecule has 2 rings (SSSR count). The molecular formula is C24H38N2O3S. The van der Waals surface area contributed by atoms with Gasteiger partial charge in [-0.15, -0.1) is 11.8 Å². The third-order valence-electron chi connectivity index (χ3n) is 5.52. The van der Waals surface area contributed by atoms with E-state index in [2.05, 4.69) is 12.3 Å². The number of amides is 2. The van der Waals surface area contributed by atoms with Gasteiger partial charge in [-0.3, -0.25) is 15.0 Å². The van der Waals surface area contributed by atoms with Gasteiger partial charge >= 0.3 is 0 Å². The van der Waals surface area contributed by atoms with Crippen LogP contribution in [-0.4, -0.2) is 29.7 Å². The van der Waals surface area contributed by atoms with E-state index in [1.54, 1.807) is 7.11 Å². The fourth-order valence-electron chi connectivity index (χ4n) is 3.70. The molecule has 0 aliphatic carbocycles. The molecule has 5 nitrogen and oxygen atoms in total. The minimum atomic E-state index is -0.176. The summed E-state index contributed by atoms with van der Waals surface area (Å²) in [5.41, 5.74) is 3.82. The lowest BCUT2D eigenvalue weighted by Crippen LogP contribution is -2.44. The molecule has 30 heavy (non-hydrogen) atoms. The van der Waals surface area contributed by atoms with Gasteiger partial charge in [0.25, 0.3) is 5.91 Å². The van der Waals surface area contributed by atoms with E-state index in [-0.39, 0.29) is 17.2 Å². The molecule has 1 saturated heterocycles. The Balaban J connectivity index is 1.60. The zero-order valence-electron chi connectivity index (χ0n) is 18.7. The molecule has 0 radical (unpaired) electrons. The number of hydrazine groups is 1. The van der Waals surface area contributed by atoms with Crippen LogP contribution in [0.2, 0.25) is 0 Å². The molecule has 2 amide bonds. The number of ether oxygens (including phenoxy) is 1. The van der Waals surface area contributed by atoms with E-state index in [9.17, 15) is 9.59 Å². The van der Waals surface area contributed by atoms with E-state index in [0.29, 0.717) is 12.2 Å². The molecular weight excluding hydrogens is 396 g/mol. The van der Waals surface area contributed by atoms with Crippen molar-refractivity contribution < 1.29 is 14.3 Å². The van der Waals surface area contributed by atoms with Crippen LogP contribution in [0.1, 0.15) is 94.9 Å². The number of carbonyl (C=O) groups is 2. The van der Waals surface area contributed by atoms with Gasteiger partial charge in [0, 0.05) is 6.42 Å². The average molecular weight is 435 g/mol. The molecule has 1 aliphatic heterocycles. The van der Waals surface area contributed by atoms with Gasteiger partial charge in [-0.05, 0) is 24.1 Å². The van der Waals surface area contributed by atoms with E-state index in [4.69, 9.17) is 4.74 Å². The molecule has 0 spiro atoms. The number of nitrogens with one attached hydrogen (secondary N) is 1. The molecule has 1 N–H and O–H groups in total. The lowest BCUT2D eigenvalue weighted by molar-refractivity contribution is -0.139. The maximum absolute atomic E-state index is 12.3. The lowest BCUT2D eigenvalue weighted by atomic mass is 10.1. The van der Waals surface area contributed by atoms with Crippen molar-refractivity contribution in [2.24, 2.45) is 0 Å². The van der Waals surface area contributed by atoms with Gasteiger partial charge in [0.05, 0.1) is 12.9 Å². The minimum absolute atomic E-state index is 0.0481. The summed E-state index contributed by atoms with van der Waals surface area (Å²) in [4.78, 5) is 24.6. The Hall–Kier alpha value is -1.69. The number of rotatable bonds is 15. The van der Waals surface area contributed by atoms with Crippen molar-refractivity contribution in [3.8, 4) is 5.75 Å². The van der Waals surface area contributed by atoms with Crippen molar-refractivity contribution in [3.63, 3.8) is 0 Å². The zero-order chi connectivity index (χ0) is 21.6. The zero-order valence-corrected chi connectivity index (χ0v) is 19.5. The van der Waals surface area contributed by atoms with E-state index >= 15 is 0 Å². The van der Waals surface area contributed by atoms with Crippen molar-refractivity contribution in [2.45, 2.75) is 89.3 Å².